The maximum absolute atomic E-state index is 12.4. The van der Waals surface area contributed by atoms with E-state index in [1.54, 1.807) is 18.2 Å². The lowest BCUT2D eigenvalue weighted by Crippen LogP contribution is -2.17. The predicted octanol–water partition coefficient (Wildman–Crippen LogP) is 3.24. The first kappa shape index (κ1) is 14.7. The standard InChI is InChI=1S/C12H12F3N3OS/c1-7(16)5-8-3-2-4-9(6-8)19-11-18-17-10(20-11)12(13,14)15/h2-4,6-7H,5,16H2,1H3. The van der Waals surface area contributed by atoms with Crippen LogP contribution in [0, 0.1) is 0 Å². The van der Waals surface area contributed by atoms with E-state index in [9.17, 15) is 13.2 Å². The van der Waals surface area contributed by atoms with E-state index >= 15 is 0 Å². The molecule has 0 spiro atoms. The molecule has 2 aromatic rings. The Morgan fingerprint density at radius 2 is 2.10 bits per heavy atom. The fourth-order valence-corrected chi connectivity index (χ4v) is 2.16. The smallest absolute Gasteiger partial charge is 0.430 e. The third-order valence-electron chi connectivity index (χ3n) is 2.31. The number of ether oxygens (including phenoxy) is 1. The molecule has 1 aromatic carbocycles. The van der Waals surface area contributed by atoms with Crippen LogP contribution in [0.3, 0.4) is 0 Å². The highest BCUT2D eigenvalue weighted by Gasteiger charge is 2.36. The van der Waals surface area contributed by atoms with Gasteiger partial charge in [0.05, 0.1) is 0 Å². The van der Waals surface area contributed by atoms with Crippen LogP contribution in [0.2, 0.25) is 0 Å². The Kier molecular flexibility index (Phi) is 4.24. The molecule has 0 saturated carbocycles. The molecule has 2 rings (SSSR count). The Bertz CT molecular complexity index is 583. The maximum atomic E-state index is 12.4. The third kappa shape index (κ3) is 3.91. The summed E-state index contributed by atoms with van der Waals surface area (Å²) in [5.74, 6) is 0.410. The number of alkyl halides is 3. The van der Waals surface area contributed by atoms with E-state index in [0.29, 0.717) is 23.5 Å². The van der Waals surface area contributed by atoms with Crippen LogP contribution < -0.4 is 10.5 Å². The van der Waals surface area contributed by atoms with Gasteiger partial charge in [0.2, 0.25) is 5.01 Å². The highest BCUT2D eigenvalue weighted by Crippen LogP contribution is 2.35. The molecule has 20 heavy (non-hydrogen) atoms. The molecule has 0 aliphatic heterocycles. The summed E-state index contributed by atoms with van der Waals surface area (Å²) in [6, 6.07) is 6.97. The molecule has 0 bridgehead atoms. The van der Waals surface area contributed by atoms with Crippen molar-refractivity contribution in [2.24, 2.45) is 5.73 Å². The summed E-state index contributed by atoms with van der Waals surface area (Å²) >= 11 is 0.360. The quantitative estimate of drug-likeness (QED) is 0.942. The number of halogens is 3. The molecular weight excluding hydrogens is 291 g/mol. The van der Waals surface area contributed by atoms with Gasteiger partial charge in [-0.3, -0.25) is 0 Å². The molecule has 2 N–H and O–H groups in total. The van der Waals surface area contributed by atoms with Gasteiger partial charge in [0, 0.05) is 6.04 Å². The summed E-state index contributed by atoms with van der Waals surface area (Å²) in [7, 11) is 0. The second kappa shape index (κ2) is 5.76. The van der Waals surface area contributed by atoms with Crippen LogP contribution in [0.25, 0.3) is 0 Å². The highest BCUT2D eigenvalue weighted by molar-refractivity contribution is 7.13. The van der Waals surface area contributed by atoms with Gasteiger partial charge in [-0.25, -0.2) is 0 Å². The zero-order valence-electron chi connectivity index (χ0n) is 10.5. The van der Waals surface area contributed by atoms with E-state index in [1.807, 2.05) is 13.0 Å². The summed E-state index contributed by atoms with van der Waals surface area (Å²) in [6.07, 6.45) is -3.85. The van der Waals surface area contributed by atoms with E-state index in [0.717, 1.165) is 5.56 Å². The Balaban J connectivity index is 2.12. The van der Waals surface area contributed by atoms with Gasteiger partial charge < -0.3 is 10.5 Å². The average Bonchev–Trinajstić information content (AvgIpc) is 2.76. The monoisotopic (exact) mass is 303 g/mol. The summed E-state index contributed by atoms with van der Waals surface area (Å²) in [5.41, 5.74) is 6.63. The molecule has 0 saturated heterocycles. The van der Waals surface area contributed by atoms with Gasteiger partial charge in [-0.1, -0.05) is 28.6 Å². The number of nitrogens with two attached hydrogens (primary N) is 1. The summed E-state index contributed by atoms with van der Waals surface area (Å²) < 4.78 is 42.4. The van der Waals surface area contributed by atoms with Crippen molar-refractivity contribution in [1.29, 1.82) is 0 Å². The second-order valence-corrected chi connectivity index (χ2v) is 5.24. The molecular formula is C12H12F3N3OS. The van der Waals surface area contributed by atoms with Crippen LogP contribution in [0.15, 0.2) is 24.3 Å². The van der Waals surface area contributed by atoms with E-state index in [1.165, 1.54) is 0 Å². The van der Waals surface area contributed by atoms with E-state index in [4.69, 9.17) is 10.5 Å². The molecule has 0 fully saturated rings. The van der Waals surface area contributed by atoms with Crippen LogP contribution in [0.1, 0.15) is 17.5 Å². The van der Waals surface area contributed by atoms with Crippen molar-refractivity contribution in [2.75, 3.05) is 0 Å². The van der Waals surface area contributed by atoms with Crippen molar-refractivity contribution in [3.63, 3.8) is 0 Å². The minimum atomic E-state index is -4.50. The topological polar surface area (TPSA) is 61.0 Å². The Hall–Kier alpha value is -1.67. The third-order valence-corrected chi connectivity index (χ3v) is 3.16. The predicted molar refractivity (Wildman–Crippen MR) is 68.8 cm³/mol. The van der Waals surface area contributed by atoms with Crippen molar-refractivity contribution in [2.45, 2.75) is 25.6 Å². The average molecular weight is 303 g/mol. The second-order valence-electron chi connectivity index (χ2n) is 4.30. The number of hydrogen-bond donors (Lipinski definition) is 1. The van der Waals surface area contributed by atoms with Gasteiger partial charge in [0.25, 0.3) is 5.19 Å². The van der Waals surface area contributed by atoms with Crippen LogP contribution in [0.5, 0.6) is 10.9 Å². The van der Waals surface area contributed by atoms with Crippen LogP contribution >= 0.6 is 11.3 Å². The van der Waals surface area contributed by atoms with E-state index in [2.05, 4.69) is 10.2 Å². The number of hydrogen-bond acceptors (Lipinski definition) is 5. The van der Waals surface area contributed by atoms with Gasteiger partial charge in [-0.2, -0.15) is 13.2 Å². The van der Waals surface area contributed by atoms with Crippen molar-refractivity contribution < 1.29 is 17.9 Å². The lowest BCUT2D eigenvalue weighted by atomic mass is 10.1. The minimum absolute atomic E-state index is 0.0105. The SMILES string of the molecule is CC(N)Cc1cccc(Oc2nnc(C(F)(F)F)s2)c1. The molecule has 4 nitrogen and oxygen atoms in total. The largest absolute Gasteiger partial charge is 0.445 e. The van der Waals surface area contributed by atoms with Crippen molar-refractivity contribution in [3.05, 3.63) is 34.8 Å². The number of nitrogens with zero attached hydrogens (tertiary/aromatic N) is 2. The van der Waals surface area contributed by atoms with E-state index in [-0.39, 0.29) is 11.2 Å². The molecule has 0 aliphatic rings. The van der Waals surface area contributed by atoms with Gasteiger partial charge in [-0.15, -0.1) is 5.10 Å². The van der Waals surface area contributed by atoms with Gasteiger partial charge in [0.1, 0.15) is 5.75 Å². The zero-order valence-corrected chi connectivity index (χ0v) is 11.3. The summed E-state index contributed by atoms with van der Waals surface area (Å²) in [5, 5.41) is 5.25. The van der Waals surface area contributed by atoms with Crippen molar-refractivity contribution in [1.82, 2.24) is 10.2 Å². The Morgan fingerprint density at radius 3 is 2.70 bits per heavy atom. The van der Waals surface area contributed by atoms with Gasteiger partial charge >= 0.3 is 6.18 Å². The lowest BCUT2D eigenvalue weighted by Gasteiger charge is -2.07. The Morgan fingerprint density at radius 1 is 1.35 bits per heavy atom. The molecule has 1 heterocycles. The number of benzene rings is 1. The van der Waals surface area contributed by atoms with E-state index < -0.39 is 11.2 Å². The van der Waals surface area contributed by atoms with Crippen molar-refractivity contribution in [3.8, 4) is 10.9 Å². The zero-order chi connectivity index (χ0) is 14.8. The molecule has 1 atom stereocenters. The molecule has 108 valence electrons. The number of rotatable bonds is 4. The maximum Gasteiger partial charge on any atom is 0.445 e. The Labute approximate surface area is 117 Å². The normalized spacial score (nSPS) is 13.2. The minimum Gasteiger partial charge on any atom is -0.430 e. The summed E-state index contributed by atoms with van der Waals surface area (Å²) in [4.78, 5) is 0. The molecule has 0 amide bonds. The fourth-order valence-electron chi connectivity index (χ4n) is 1.57. The molecule has 0 aliphatic carbocycles. The molecule has 0 radical (unpaired) electrons. The first-order valence-electron chi connectivity index (χ1n) is 5.77. The fraction of sp³-hybridized carbons (Fsp3) is 0.333. The first-order chi connectivity index (χ1) is 9.34. The molecule has 1 aromatic heterocycles. The van der Waals surface area contributed by atoms with Crippen LogP contribution in [0.4, 0.5) is 13.2 Å². The van der Waals surface area contributed by atoms with Gasteiger partial charge in [0.15, 0.2) is 0 Å². The lowest BCUT2D eigenvalue weighted by molar-refractivity contribution is -0.138. The first-order valence-corrected chi connectivity index (χ1v) is 6.59. The van der Waals surface area contributed by atoms with Gasteiger partial charge in [-0.05, 0) is 31.0 Å². The highest BCUT2D eigenvalue weighted by atomic mass is 32.1. The van der Waals surface area contributed by atoms with Crippen LogP contribution in [-0.2, 0) is 12.6 Å². The summed E-state index contributed by atoms with van der Waals surface area (Å²) in [6.45, 7) is 1.87. The van der Waals surface area contributed by atoms with Crippen molar-refractivity contribution >= 4 is 11.3 Å². The number of aromatic nitrogens is 2. The van der Waals surface area contributed by atoms with Crippen LogP contribution in [-0.4, -0.2) is 16.2 Å². The molecule has 8 heteroatoms. The molecule has 1 unspecified atom stereocenters.